The largest absolute Gasteiger partial charge is 0.310 e. The SMILES string of the molecule is c1ccc(-c2c(-c3ccccc3)c3cc(-c4ccc(N(c5ccc6ccccc6c5)c5cccc6c5-c5ccccc5C6(c5ccccc5)c5ccccc5)cc4)ccc3c3ccccc23)cc1. The molecule has 0 radical (unpaired) electrons. The third-order valence-corrected chi connectivity index (χ3v) is 14.3. The summed E-state index contributed by atoms with van der Waals surface area (Å²) in [5.74, 6) is 0. The summed E-state index contributed by atoms with van der Waals surface area (Å²) in [6.45, 7) is 0. The van der Waals surface area contributed by atoms with Crippen LogP contribution in [0.5, 0.6) is 0 Å². The molecule has 0 saturated carbocycles. The Balaban J connectivity index is 1.02. The van der Waals surface area contributed by atoms with Gasteiger partial charge in [-0.1, -0.05) is 237 Å². The van der Waals surface area contributed by atoms with Crippen molar-refractivity contribution in [2.24, 2.45) is 0 Å². The Labute approximate surface area is 397 Å². The van der Waals surface area contributed by atoms with Crippen molar-refractivity contribution >= 4 is 49.4 Å². The van der Waals surface area contributed by atoms with E-state index in [1.165, 1.54) is 99.1 Å². The quantitative estimate of drug-likeness (QED) is 0.138. The lowest BCUT2D eigenvalue weighted by atomic mass is 9.68. The number of fused-ring (bicyclic) bond motifs is 7. The number of anilines is 3. The van der Waals surface area contributed by atoms with Gasteiger partial charge in [0.1, 0.15) is 0 Å². The Kier molecular flexibility index (Phi) is 9.47. The maximum Gasteiger partial charge on any atom is 0.0714 e. The highest BCUT2D eigenvalue weighted by atomic mass is 15.1. The summed E-state index contributed by atoms with van der Waals surface area (Å²) in [4.78, 5) is 2.48. The molecule has 0 N–H and O–H groups in total. The molecule has 1 aliphatic rings. The second-order valence-corrected chi connectivity index (χ2v) is 17.9. The van der Waals surface area contributed by atoms with Gasteiger partial charge in [-0.25, -0.2) is 0 Å². The van der Waals surface area contributed by atoms with Gasteiger partial charge in [-0.15, -0.1) is 0 Å². The van der Waals surface area contributed by atoms with E-state index in [0.29, 0.717) is 0 Å². The number of benzene rings is 12. The third kappa shape index (κ3) is 6.24. The van der Waals surface area contributed by atoms with Crippen LogP contribution in [0.3, 0.4) is 0 Å². The van der Waals surface area contributed by atoms with E-state index >= 15 is 0 Å². The molecule has 318 valence electrons. The number of rotatable bonds is 8. The molecular weight excluding hydrogens is 819 g/mol. The highest BCUT2D eigenvalue weighted by Gasteiger charge is 2.47. The highest BCUT2D eigenvalue weighted by Crippen LogP contribution is 2.59. The van der Waals surface area contributed by atoms with Crippen molar-refractivity contribution in [2.45, 2.75) is 5.41 Å². The summed E-state index contributed by atoms with van der Waals surface area (Å²) in [7, 11) is 0. The van der Waals surface area contributed by atoms with Crippen LogP contribution in [-0.2, 0) is 5.41 Å². The smallest absolute Gasteiger partial charge is 0.0714 e. The zero-order chi connectivity index (χ0) is 45.0. The van der Waals surface area contributed by atoms with Crippen molar-refractivity contribution in [3.8, 4) is 44.5 Å². The van der Waals surface area contributed by atoms with Crippen LogP contribution in [-0.4, -0.2) is 0 Å². The second-order valence-electron chi connectivity index (χ2n) is 17.9. The first-order valence-corrected chi connectivity index (χ1v) is 23.6. The second kappa shape index (κ2) is 16.3. The van der Waals surface area contributed by atoms with Crippen molar-refractivity contribution in [1.82, 2.24) is 0 Å². The van der Waals surface area contributed by atoms with E-state index in [1.54, 1.807) is 0 Å². The summed E-state index contributed by atoms with van der Waals surface area (Å²) in [5, 5.41) is 7.44. The molecule has 0 aliphatic heterocycles. The van der Waals surface area contributed by atoms with E-state index in [4.69, 9.17) is 0 Å². The van der Waals surface area contributed by atoms with Crippen LogP contribution in [0.2, 0.25) is 0 Å². The van der Waals surface area contributed by atoms with Crippen LogP contribution in [0.1, 0.15) is 22.3 Å². The molecule has 0 bridgehead atoms. The van der Waals surface area contributed by atoms with Crippen LogP contribution in [0.4, 0.5) is 17.1 Å². The van der Waals surface area contributed by atoms with Gasteiger partial charge in [0.2, 0.25) is 0 Å². The molecule has 0 atom stereocenters. The van der Waals surface area contributed by atoms with Crippen molar-refractivity contribution in [3.05, 3.63) is 295 Å². The molecule has 1 heteroatoms. The van der Waals surface area contributed by atoms with Gasteiger partial charge < -0.3 is 4.90 Å². The number of hydrogen-bond donors (Lipinski definition) is 0. The van der Waals surface area contributed by atoms with Gasteiger partial charge in [0, 0.05) is 16.9 Å². The Morgan fingerprint density at radius 1 is 0.265 bits per heavy atom. The lowest BCUT2D eigenvalue weighted by Gasteiger charge is -2.34. The minimum atomic E-state index is -0.510. The average molecular weight is 864 g/mol. The molecular formula is C67H45N. The van der Waals surface area contributed by atoms with Crippen LogP contribution in [0.15, 0.2) is 273 Å². The minimum Gasteiger partial charge on any atom is -0.310 e. The van der Waals surface area contributed by atoms with Gasteiger partial charge in [0.05, 0.1) is 11.1 Å². The van der Waals surface area contributed by atoms with Crippen LogP contribution in [0, 0.1) is 0 Å². The molecule has 1 nitrogen and oxygen atoms in total. The summed E-state index contributed by atoms with van der Waals surface area (Å²) < 4.78 is 0. The van der Waals surface area contributed by atoms with E-state index in [-0.39, 0.29) is 0 Å². The lowest BCUT2D eigenvalue weighted by molar-refractivity contribution is 0.768. The van der Waals surface area contributed by atoms with Crippen molar-refractivity contribution in [1.29, 1.82) is 0 Å². The van der Waals surface area contributed by atoms with Gasteiger partial charge >= 0.3 is 0 Å². The molecule has 0 amide bonds. The monoisotopic (exact) mass is 863 g/mol. The van der Waals surface area contributed by atoms with E-state index in [2.05, 4.69) is 278 Å². The zero-order valence-corrected chi connectivity index (χ0v) is 37.4. The molecule has 0 heterocycles. The number of nitrogens with zero attached hydrogens (tertiary/aromatic N) is 1. The summed E-state index contributed by atoms with van der Waals surface area (Å²) in [5.41, 5.74) is 17.7. The summed E-state index contributed by atoms with van der Waals surface area (Å²) in [6, 6.07) is 101. The molecule has 0 fully saturated rings. The van der Waals surface area contributed by atoms with E-state index in [0.717, 1.165) is 17.1 Å². The molecule has 0 saturated heterocycles. The fourth-order valence-corrected chi connectivity index (χ4v) is 11.4. The molecule has 0 unspecified atom stereocenters. The zero-order valence-electron chi connectivity index (χ0n) is 37.4. The maximum atomic E-state index is 2.48. The van der Waals surface area contributed by atoms with Crippen LogP contribution in [0.25, 0.3) is 76.8 Å². The first-order chi connectivity index (χ1) is 33.8. The first kappa shape index (κ1) is 39.6. The predicted molar refractivity (Wildman–Crippen MR) is 287 cm³/mol. The summed E-state index contributed by atoms with van der Waals surface area (Å²) in [6.07, 6.45) is 0. The lowest BCUT2D eigenvalue weighted by Crippen LogP contribution is -2.28. The Morgan fingerprint density at radius 2 is 0.779 bits per heavy atom. The van der Waals surface area contributed by atoms with Gasteiger partial charge in [0.15, 0.2) is 0 Å². The highest BCUT2D eigenvalue weighted by molar-refractivity contribution is 6.22. The maximum absolute atomic E-state index is 2.48. The van der Waals surface area contributed by atoms with Crippen LogP contribution < -0.4 is 4.90 Å². The van der Waals surface area contributed by atoms with Crippen LogP contribution >= 0.6 is 0 Å². The molecule has 12 aromatic rings. The average Bonchev–Trinajstić information content (AvgIpc) is 3.73. The van der Waals surface area contributed by atoms with E-state index in [9.17, 15) is 0 Å². The Hall–Kier alpha value is -8.78. The van der Waals surface area contributed by atoms with Gasteiger partial charge in [-0.2, -0.15) is 0 Å². The standard InChI is InChI=1S/C67H45N/c1-5-21-48(22-6-1)64-58-31-16-15-30-56(58)57-43-39-51(45-60(57)65(64)49-23-7-2-8-24-49)47-36-40-54(41-37-47)68(55-42-38-46-20-13-14-25-50(46)44-55)63-35-19-34-62-66(63)59-32-17-18-33-61(59)67(62,52-26-9-3-10-27-52)53-28-11-4-12-29-53/h1-45H. The van der Waals surface area contributed by atoms with Gasteiger partial charge in [-0.3, -0.25) is 0 Å². The van der Waals surface area contributed by atoms with Crippen molar-refractivity contribution in [3.63, 3.8) is 0 Å². The number of hydrogen-bond acceptors (Lipinski definition) is 1. The Bertz CT molecular complexity index is 3780. The van der Waals surface area contributed by atoms with E-state index < -0.39 is 5.41 Å². The minimum absolute atomic E-state index is 0.510. The van der Waals surface area contributed by atoms with Gasteiger partial charge in [0.25, 0.3) is 0 Å². The normalized spacial score (nSPS) is 12.5. The predicted octanol–water partition coefficient (Wildman–Crippen LogP) is 18.0. The Morgan fingerprint density at radius 3 is 1.47 bits per heavy atom. The molecule has 1 aliphatic carbocycles. The molecule has 12 aromatic carbocycles. The van der Waals surface area contributed by atoms with Crippen molar-refractivity contribution in [2.75, 3.05) is 4.90 Å². The van der Waals surface area contributed by atoms with Crippen molar-refractivity contribution < 1.29 is 0 Å². The van der Waals surface area contributed by atoms with E-state index in [1.807, 2.05) is 0 Å². The molecule has 13 rings (SSSR count). The molecule has 68 heavy (non-hydrogen) atoms. The topological polar surface area (TPSA) is 3.24 Å². The molecule has 0 aromatic heterocycles. The fourth-order valence-electron chi connectivity index (χ4n) is 11.4. The molecule has 0 spiro atoms. The fraction of sp³-hybridized carbons (Fsp3) is 0.0149. The first-order valence-electron chi connectivity index (χ1n) is 23.6. The summed E-state index contributed by atoms with van der Waals surface area (Å²) >= 11 is 0. The third-order valence-electron chi connectivity index (χ3n) is 14.3. The van der Waals surface area contributed by atoms with Gasteiger partial charge in [-0.05, 0) is 130 Å².